The summed E-state index contributed by atoms with van der Waals surface area (Å²) in [6.07, 6.45) is 3.07. The van der Waals surface area contributed by atoms with Crippen molar-refractivity contribution in [3.05, 3.63) is 23.5 Å². The molecule has 5 nitrogen and oxygen atoms in total. The fourth-order valence-corrected chi connectivity index (χ4v) is 2.59. The second-order valence-corrected chi connectivity index (χ2v) is 6.58. The number of hydrogen-bond donors (Lipinski definition) is 1. The monoisotopic (exact) mass is 311 g/mol. The Morgan fingerprint density at radius 2 is 2.10 bits per heavy atom. The number of amides is 1. The topological polar surface area (TPSA) is 54.5 Å². The van der Waals surface area contributed by atoms with E-state index in [1.807, 2.05) is 32.9 Å². The van der Waals surface area contributed by atoms with Crippen molar-refractivity contribution in [3.8, 4) is 0 Å². The van der Waals surface area contributed by atoms with Crippen molar-refractivity contribution in [1.29, 1.82) is 0 Å². The molecule has 1 aliphatic heterocycles. The van der Waals surface area contributed by atoms with E-state index in [9.17, 15) is 4.79 Å². The summed E-state index contributed by atoms with van der Waals surface area (Å²) >= 11 is 6.11. The van der Waals surface area contributed by atoms with Gasteiger partial charge in [0.2, 0.25) is 0 Å². The number of alkyl carbamates (subject to hydrolysis) is 1. The second kappa shape index (κ2) is 6.52. The zero-order chi connectivity index (χ0) is 15.5. The van der Waals surface area contributed by atoms with E-state index in [4.69, 9.17) is 16.3 Å². The predicted molar refractivity (Wildman–Crippen MR) is 83.9 cm³/mol. The predicted octanol–water partition coefficient (Wildman–Crippen LogP) is 3.23. The molecule has 0 aliphatic carbocycles. The number of nitrogens with zero attached hydrogens (tertiary/aromatic N) is 2. The van der Waals surface area contributed by atoms with Crippen LogP contribution in [-0.4, -0.2) is 35.8 Å². The maximum atomic E-state index is 11.8. The number of piperidine rings is 1. The summed E-state index contributed by atoms with van der Waals surface area (Å²) in [4.78, 5) is 18.0. The lowest BCUT2D eigenvalue weighted by Gasteiger charge is -2.34. The molecule has 0 radical (unpaired) electrons. The minimum absolute atomic E-state index is 0.145. The highest BCUT2D eigenvalue weighted by atomic mass is 35.5. The third kappa shape index (κ3) is 4.77. The van der Waals surface area contributed by atoms with Crippen LogP contribution in [0.25, 0.3) is 0 Å². The molecule has 1 amide bonds. The Morgan fingerprint density at radius 3 is 2.67 bits per heavy atom. The van der Waals surface area contributed by atoms with Gasteiger partial charge < -0.3 is 15.0 Å². The maximum Gasteiger partial charge on any atom is 0.407 e. The highest BCUT2D eigenvalue weighted by Crippen LogP contribution is 2.26. The lowest BCUT2D eigenvalue weighted by molar-refractivity contribution is 0.0497. The van der Waals surface area contributed by atoms with Crippen LogP contribution in [0, 0.1) is 0 Å². The van der Waals surface area contributed by atoms with Gasteiger partial charge in [-0.15, -0.1) is 0 Å². The number of anilines is 1. The van der Waals surface area contributed by atoms with Gasteiger partial charge in [-0.2, -0.15) is 0 Å². The van der Waals surface area contributed by atoms with E-state index in [2.05, 4.69) is 15.2 Å². The van der Waals surface area contributed by atoms with Crippen molar-refractivity contribution < 1.29 is 9.53 Å². The van der Waals surface area contributed by atoms with E-state index in [1.165, 1.54) is 0 Å². The van der Waals surface area contributed by atoms with E-state index < -0.39 is 5.60 Å². The summed E-state index contributed by atoms with van der Waals surface area (Å²) in [5, 5.41) is 3.45. The first-order chi connectivity index (χ1) is 9.85. The maximum absolute atomic E-state index is 11.8. The minimum Gasteiger partial charge on any atom is -0.444 e. The Balaban J connectivity index is 1.84. The molecule has 116 valence electrons. The van der Waals surface area contributed by atoms with Gasteiger partial charge in [-0.25, -0.2) is 9.78 Å². The van der Waals surface area contributed by atoms with Crippen molar-refractivity contribution in [1.82, 2.24) is 10.3 Å². The molecule has 2 heterocycles. The molecule has 1 aromatic heterocycles. The highest BCUT2D eigenvalue weighted by molar-refractivity contribution is 6.32. The number of nitrogens with one attached hydrogen (secondary N) is 1. The van der Waals surface area contributed by atoms with Gasteiger partial charge in [0.05, 0.1) is 5.69 Å². The Kier molecular flexibility index (Phi) is 4.93. The van der Waals surface area contributed by atoms with Gasteiger partial charge >= 0.3 is 6.09 Å². The smallest absolute Gasteiger partial charge is 0.407 e. The summed E-state index contributed by atoms with van der Waals surface area (Å²) in [6, 6.07) is 4.00. The Bertz CT molecular complexity index is 494. The molecule has 0 atom stereocenters. The number of aromatic nitrogens is 1. The van der Waals surface area contributed by atoms with Crippen LogP contribution >= 0.6 is 11.6 Å². The quantitative estimate of drug-likeness (QED) is 0.852. The van der Waals surface area contributed by atoms with Gasteiger partial charge in [0.15, 0.2) is 5.15 Å². The molecular weight excluding hydrogens is 290 g/mol. The molecule has 1 saturated heterocycles. The molecule has 21 heavy (non-hydrogen) atoms. The Morgan fingerprint density at radius 1 is 1.43 bits per heavy atom. The van der Waals surface area contributed by atoms with Crippen LogP contribution in [-0.2, 0) is 4.74 Å². The zero-order valence-corrected chi connectivity index (χ0v) is 13.5. The third-order valence-electron chi connectivity index (χ3n) is 3.30. The van der Waals surface area contributed by atoms with Gasteiger partial charge in [-0.1, -0.05) is 11.6 Å². The number of pyridine rings is 1. The van der Waals surface area contributed by atoms with Gasteiger partial charge in [0.25, 0.3) is 0 Å². The third-order valence-corrected chi connectivity index (χ3v) is 3.59. The Labute approximate surface area is 130 Å². The van der Waals surface area contributed by atoms with Gasteiger partial charge in [-0.05, 0) is 45.7 Å². The molecule has 0 saturated carbocycles. The molecule has 0 unspecified atom stereocenters. The molecule has 1 aliphatic rings. The average molecular weight is 312 g/mol. The second-order valence-electron chi connectivity index (χ2n) is 6.22. The molecule has 1 N–H and O–H groups in total. The van der Waals surface area contributed by atoms with Crippen molar-refractivity contribution in [2.45, 2.75) is 45.3 Å². The van der Waals surface area contributed by atoms with Crippen molar-refractivity contribution in [2.75, 3.05) is 18.0 Å². The van der Waals surface area contributed by atoms with Crippen molar-refractivity contribution >= 4 is 23.4 Å². The molecule has 0 bridgehead atoms. The normalized spacial score (nSPS) is 16.7. The molecule has 0 aromatic carbocycles. The van der Waals surface area contributed by atoms with Crippen molar-refractivity contribution in [2.24, 2.45) is 0 Å². The standard InChI is InChI=1S/C15H22ClN3O2/c1-15(2,3)21-14(20)18-11-6-9-19(10-7-11)12-5-4-8-17-13(12)16/h4-5,8,11H,6-7,9-10H2,1-3H3,(H,18,20). The molecule has 6 heteroatoms. The van der Waals surface area contributed by atoms with E-state index in [0.29, 0.717) is 5.15 Å². The summed E-state index contributed by atoms with van der Waals surface area (Å²) < 4.78 is 5.28. The van der Waals surface area contributed by atoms with E-state index in [1.54, 1.807) is 6.20 Å². The van der Waals surface area contributed by atoms with E-state index in [-0.39, 0.29) is 12.1 Å². The first-order valence-electron chi connectivity index (χ1n) is 7.20. The van der Waals surface area contributed by atoms with E-state index in [0.717, 1.165) is 31.6 Å². The number of carbonyl (C=O) groups excluding carboxylic acids is 1. The number of rotatable bonds is 2. The number of ether oxygens (including phenoxy) is 1. The van der Waals surface area contributed by atoms with Gasteiger partial charge in [-0.3, -0.25) is 0 Å². The summed E-state index contributed by atoms with van der Waals surface area (Å²) in [5.74, 6) is 0. The SMILES string of the molecule is CC(C)(C)OC(=O)NC1CCN(c2cccnc2Cl)CC1. The summed E-state index contributed by atoms with van der Waals surface area (Å²) in [7, 11) is 0. The first kappa shape index (κ1) is 15.9. The fraction of sp³-hybridized carbons (Fsp3) is 0.600. The minimum atomic E-state index is -0.464. The van der Waals surface area contributed by atoms with Crippen LogP contribution in [0.3, 0.4) is 0 Å². The lowest BCUT2D eigenvalue weighted by atomic mass is 10.0. The summed E-state index contributed by atoms with van der Waals surface area (Å²) in [5.41, 5.74) is 0.489. The zero-order valence-electron chi connectivity index (χ0n) is 12.7. The molecule has 2 rings (SSSR count). The van der Waals surface area contributed by atoms with Gasteiger partial charge in [0, 0.05) is 25.3 Å². The highest BCUT2D eigenvalue weighted by Gasteiger charge is 2.24. The molecular formula is C15H22ClN3O2. The van der Waals surface area contributed by atoms with Crippen LogP contribution in [0.15, 0.2) is 18.3 Å². The number of halogens is 1. The van der Waals surface area contributed by atoms with Gasteiger partial charge in [0.1, 0.15) is 5.60 Å². The number of hydrogen-bond acceptors (Lipinski definition) is 4. The average Bonchev–Trinajstić information content (AvgIpc) is 2.38. The van der Waals surface area contributed by atoms with Crippen LogP contribution < -0.4 is 10.2 Å². The first-order valence-corrected chi connectivity index (χ1v) is 7.58. The number of carbonyl (C=O) groups is 1. The molecule has 0 spiro atoms. The largest absolute Gasteiger partial charge is 0.444 e. The van der Waals surface area contributed by atoms with E-state index >= 15 is 0 Å². The lowest BCUT2D eigenvalue weighted by Crippen LogP contribution is -2.46. The van der Waals surface area contributed by atoms with Crippen LogP contribution in [0.2, 0.25) is 5.15 Å². The molecule has 1 aromatic rings. The van der Waals surface area contributed by atoms with Crippen LogP contribution in [0.1, 0.15) is 33.6 Å². The Hall–Kier alpha value is -1.49. The fourth-order valence-electron chi connectivity index (χ4n) is 2.35. The van der Waals surface area contributed by atoms with Crippen LogP contribution in [0.4, 0.5) is 10.5 Å². The van der Waals surface area contributed by atoms with Crippen molar-refractivity contribution in [3.63, 3.8) is 0 Å². The van der Waals surface area contributed by atoms with Crippen LogP contribution in [0.5, 0.6) is 0 Å². The summed E-state index contributed by atoms with van der Waals surface area (Å²) in [6.45, 7) is 7.26. The molecule has 1 fully saturated rings.